The smallest absolute Gasteiger partial charge is 0.264 e. The molecule has 0 bridgehead atoms. The molecule has 2 aromatic carbocycles. The molecule has 0 aliphatic carbocycles. The summed E-state index contributed by atoms with van der Waals surface area (Å²) in [4.78, 5) is 4.77. The van der Waals surface area contributed by atoms with Crippen molar-refractivity contribution in [3.8, 4) is 0 Å². The van der Waals surface area contributed by atoms with Crippen LogP contribution in [0.4, 0.5) is 10.1 Å². The molecule has 36 heavy (non-hydrogen) atoms. The van der Waals surface area contributed by atoms with Crippen molar-refractivity contribution in [3.05, 3.63) is 102 Å². The summed E-state index contributed by atoms with van der Waals surface area (Å²) < 4.78 is 45.1. The predicted octanol–water partition coefficient (Wildman–Crippen LogP) is 6.67. The first-order chi connectivity index (χ1) is 16.9. The van der Waals surface area contributed by atoms with E-state index in [1.165, 1.54) is 28.6 Å². The van der Waals surface area contributed by atoms with E-state index in [9.17, 15) is 12.8 Å². The van der Waals surface area contributed by atoms with Gasteiger partial charge in [-0.1, -0.05) is 39.0 Å². The molecular formula is C29H32FN3O2S. The number of allylic oxidation sites excluding steroid dienone is 1. The fraction of sp³-hybridized carbons (Fsp3) is 0.276. The number of nitrogens with zero attached hydrogens (tertiary/aromatic N) is 3. The highest BCUT2D eigenvalue weighted by molar-refractivity contribution is 7.92. The van der Waals surface area contributed by atoms with Gasteiger partial charge in [-0.05, 0) is 72.9 Å². The minimum atomic E-state index is -3.98. The minimum Gasteiger partial charge on any atom is -0.339 e. The zero-order valence-corrected chi connectivity index (χ0v) is 22.2. The maximum absolute atomic E-state index is 14.0. The number of aryl methyl sites for hydroxylation is 1. The second kappa shape index (κ2) is 9.54. The molecule has 0 saturated carbocycles. The SMILES string of the molecule is C=CCn1c(C)c(C)c2ccnc(CN(c3ccc(F)cc3)S(=O)(=O)c3ccc(C(C)(C)C)cc3)c21. The molecule has 2 heterocycles. The second-order valence-electron chi connectivity index (χ2n) is 10.0. The Labute approximate surface area is 213 Å². The highest BCUT2D eigenvalue weighted by Crippen LogP contribution is 2.32. The first kappa shape index (κ1) is 25.6. The molecule has 0 aliphatic rings. The van der Waals surface area contributed by atoms with Crippen LogP contribution in [-0.2, 0) is 28.5 Å². The monoisotopic (exact) mass is 505 g/mol. The molecule has 0 atom stereocenters. The van der Waals surface area contributed by atoms with Crippen LogP contribution in [0.15, 0.2) is 78.3 Å². The van der Waals surface area contributed by atoms with Crippen molar-refractivity contribution in [1.82, 2.24) is 9.55 Å². The van der Waals surface area contributed by atoms with Gasteiger partial charge in [0.05, 0.1) is 28.3 Å². The van der Waals surface area contributed by atoms with Gasteiger partial charge in [-0.3, -0.25) is 9.29 Å². The molecule has 4 rings (SSSR count). The van der Waals surface area contributed by atoms with Crippen molar-refractivity contribution in [2.45, 2.75) is 58.0 Å². The van der Waals surface area contributed by atoms with Gasteiger partial charge in [0.2, 0.25) is 0 Å². The molecule has 188 valence electrons. The van der Waals surface area contributed by atoms with E-state index in [0.717, 1.165) is 27.7 Å². The normalized spacial score (nSPS) is 12.2. The van der Waals surface area contributed by atoms with E-state index >= 15 is 0 Å². The molecule has 4 aromatic rings. The Kier molecular flexibility index (Phi) is 6.80. The lowest BCUT2D eigenvalue weighted by Gasteiger charge is -2.26. The van der Waals surface area contributed by atoms with Crippen LogP contribution in [0.2, 0.25) is 0 Å². The molecule has 0 spiro atoms. The van der Waals surface area contributed by atoms with Gasteiger partial charge in [0.1, 0.15) is 5.82 Å². The molecule has 5 nitrogen and oxygen atoms in total. The Hall–Kier alpha value is -3.45. The van der Waals surface area contributed by atoms with E-state index in [0.29, 0.717) is 17.9 Å². The van der Waals surface area contributed by atoms with Crippen molar-refractivity contribution in [1.29, 1.82) is 0 Å². The Morgan fingerprint density at radius 3 is 2.25 bits per heavy atom. The summed E-state index contributed by atoms with van der Waals surface area (Å²) in [6.45, 7) is 14.8. The molecule has 0 unspecified atom stereocenters. The summed E-state index contributed by atoms with van der Waals surface area (Å²) in [5, 5.41) is 1.02. The molecule has 0 amide bonds. The van der Waals surface area contributed by atoms with Crippen LogP contribution in [0.5, 0.6) is 0 Å². The molecule has 7 heteroatoms. The number of fused-ring (bicyclic) bond motifs is 1. The average molecular weight is 506 g/mol. The van der Waals surface area contributed by atoms with Crippen LogP contribution in [-0.4, -0.2) is 18.0 Å². The lowest BCUT2D eigenvalue weighted by molar-refractivity contribution is 0.584. The third kappa shape index (κ3) is 4.67. The highest BCUT2D eigenvalue weighted by Gasteiger charge is 2.28. The summed E-state index contributed by atoms with van der Waals surface area (Å²) in [6, 6.07) is 14.4. The lowest BCUT2D eigenvalue weighted by Crippen LogP contribution is -2.31. The average Bonchev–Trinajstić information content (AvgIpc) is 3.08. The van der Waals surface area contributed by atoms with Gasteiger partial charge in [-0.2, -0.15) is 0 Å². The maximum atomic E-state index is 14.0. The van der Waals surface area contributed by atoms with Gasteiger partial charge in [-0.25, -0.2) is 12.8 Å². The Bertz CT molecular complexity index is 1510. The molecule has 0 N–H and O–H groups in total. The van der Waals surface area contributed by atoms with Gasteiger partial charge >= 0.3 is 0 Å². The van der Waals surface area contributed by atoms with Crippen LogP contribution >= 0.6 is 0 Å². The predicted molar refractivity (Wildman–Crippen MR) is 144 cm³/mol. The van der Waals surface area contributed by atoms with Crippen LogP contribution in [0.3, 0.4) is 0 Å². The number of halogens is 1. The van der Waals surface area contributed by atoms with E-state index in [4.69, 9.17) is 0 Å². The summed E-state index contributed by atoms with van der Waals surface area (Å²) in [7, 11) is -3.98. The fourth-order valence-corrected chi connectivity index (χ4v) is 5.88. The minimum absolute atomic E-state index is 0.00758. The topological polar surface area (TPSA) is 55.2 Å². The number of sulfonamides is 1. The third-order valence-corrected chi connectivity index (χ3v) is 8.44. The van der Waals surface area contributed by atoms with Gasteiger partial charge in [0.25, 0.3) is 10.0 Å². The lowest BCUT2D eigenvalue weighted by atomic mass is 9.87. The number of hydrogen-bond donors (Lipinski definition) is 0. The Morgan fingerprint density at radius 2 is 1.67 bits per heavy atom. The maximum Gasteiger partial charge on any atom is 0.264 e. The molecule has 0 aliphatic heterocycles. The standard InChI is InChI=1S/C29H32FN3O2S/c1-7-18-32-21(3)20(2)26-16-17-31-27(28(26)32)19-33(24-12-10-23(30)11-13-24)36(34,35)25-14-8-22(9-15-25)29(4,5)6/h7-17H,1,18-19H2,2-6H3. The summed E-state index contributed by atoms with van der Waals surface area (Å²) >= 11 is 0. The van der Waals surface area contributed by atoms with Crippen LogP contribution in [0.25, 0.3) is 10.9 Å². The van der Waals surface area contributed by atoms with E-state index in [1.807, 2.05) is 38.1 Å². The number of aromatic nitrogens is 2. The van der Waals surface area contributed by atoms with Crippen molar-refractivity contribution >= 4 is 26.6 Å². The summed E-state index contributed by atoms with van der Waals surface area (Å²) in [6.07, 6.45) is 3.52. The molecule has 0 radical (unpaired) electrons. The van der Waals surface area contributed by atoms with Crippen molar-refractivity contribution in [3.63, 3.8) is 0 Å². The summed E-state index contributed by atoms with van der Waals surface area (Å²) in [5.74, 6) is -0.433. The van der Waals surface area contributed by atoms with E-state index < -0.39 is 15.8 Å². The molecule has 2 aromatic heterocycles. The number of hydrogen-bond acceptors (Lipinski definition) is 3. The highest BCUT2D eigenvalue weighted by atomic mass is 32.2. The van der Waals surface area contributed by atoms with E-state index in [2.05, 4.69) is 36.9 Å². The Morgan fingerprint density at radius 1 is 1.03 bits per heavy atom. The van der Waals surface area contributed by atoms with E-state index in [-0.39, 0.29) is 16.9 Å². The van der Waals surface area contributed by atoms with Gasteiger partial charge < -0.3 is 4.57 Å². The van der Waals surface area contributed by atoms with E-state index in [1.54, 1.807) is 18.3 Å². The first-order valence-electron chi connectivity index (χ1n) is 11.9. The van der Waals surface area contributed by atoms with Crippen molar-refractivity contribution in [2.75, 3.05) is 4.31 Å². The fourth-order valence-electron chi connectivity index (χ4n) is 4.45. The first-order valence-corrected chi connectivity index (χ1v) is 13.3. The number of anilines is 1. The van der Waals surface area contributed by atoms with Crippen LogP contribution < -0.4 is 4.31 Å². The number of pyridine rings is 1. The third-order valence-electron chi connectivity index (χ3n) is 6.65. The van der Waals surface area contributed by atoms with Gasteiger partial charge in [0, 0.05) is 23.8 Å². The number of benzene rings is 2. The quantitative estimate of drug-likeness (QED) is 0.264. The number of rotatable bonds is 7. The molecule has 0 saturated heterocycles. The van der Waals surface area contributed by atoms with Crippen LogP contribution in [0.1, 0.15) is 43.3 Å². The van der Waals surface area contributed by atoms with Gasteiger partial charge in [-0.15, -0.1) is 6.58 Å². The largest absolute Gasteiger partial charge is 0.339 e. The van der Waals surface area contributed by atoms with Crippen molar-refractivity contribution < 1.29 is 12.8 Å². The summed E-state index contributed by atoms with van der Waals surface area (Å²) in [5.41, 5.74) is 4.98. The zero-order chi connectivity index (χ0) is 26.3. The molecule has 0 fully saturated rings. The second-order valence-corrected chi connectivity index (χ2v) is 11.9. The van der Waals surface area contributed by atoms with Gasteiger partial charge in [0.15, 0.2) is 0 Å². The van der Waals surface area contributed by atoms with Crippen LogP contribution in [0, 0.1) is 19.7 Å². The Balaban J connectivity index is 1.88. The van der Waals surface area contributed by atoms with Crippen molar-refractivity contribution in [2.24, 2.45) is 0 Å². The molecular weight excluding hydrogens is 473 g/mol. The zero-order valence-electron chi connectivity index (χ0n) is 21.4.